The van der Waals surface area contributed by atoms with E-state index in [-0.39, 0.29) is 24.0 Å². The minimum Gasteiger partial charge on any atom is -0.491 e. The Bertz CT molecular complexity index is 1040. The molecule has 1 heterocycles. The molecule has 8 nitrogen and oxygen atoms in total. The van der Waals surface area contributed by atoms with Crippen LogP contribution in [0.25, 0.3) is 0 Å². The lowest BCUT2D eigenvalue weighted by molar-refractivity contribution is 0.0281. The highest BCUT2D eigenvalue weighted by Gasteiger charge is 2.25. The second-order valence-corrected chi connectivity index (χ2v) is 9.29. The Balaban J connectivity index is 1.82. The molecule has 0 saturated heterocycles. The summed E-state index contributed by atoms with van der Waals surface area (Å²) in [6.45, 7) is 5.66. The molecule has 1 aliphatic heterocycles. The number of anilines is 2. The predicted molar refractivity (Wildman–Crippen MR) is 135 cm³/mol. The number of rotatable bonds is 3. The van der Waals surface area contributed by atoms with Crippen molar-refractivity contribution in [1.29, 1.82) is 0 Å². The number of benzene rings is 2. The molecule has 0 bridgehead atoms. The fourth-order valence-corrected chi connectivity index (χ4v) is 3.90. The molecule has 2 aromatic rings. The molecular formula is C24H30Cl2N4O4. The van der Waals surface area contributed by atoms with Crippen LogP contribution in [0.15, 0.2) is 36.4 Å². The summed E-state index contributed by atoms with van der Waals surface area (Å²) in [6, 6.07) is 9.36. The summed E-state index contributed by atoms with van der Waals surface area (Å²) < 4.78 is 11.6. The quantitative estimate of drug-likeness (QED) is 0.557. The molecule has 0 radical (unpaired) electrons. The average Bonchev–Trinajstić information content (AvgIpc) is 2.81. The van der Waals surface area contributed by atoms with Crippen molar-refractivity contribution in [1.82, 2.24) is 10.2 Å². The van der Waals surface area contributed by atoms with Crippen LogP contribution in [0.5, 0.6) is 5.75 Å². The Morgan fingerprint density at radius 2 is 1.79 bits per heavy atom. The number of fused-ring (bicyclic) bond motifs is 1. The lowest BCUT2D eigenvalue weighted by Gasteiger charge is -2.30. The highest BCUT2D eigenvalue weighted by atomic mass is 35.5. The molecule has 10 heteroatoms. The zero-order valence-corrected chi connectivity index (χ0v) is 21.2. The highest BCUT2D eigenvalue weighted by Crippen LogP contribution is 2.27. The van der Waals surface area contributed by atoms with Crippen LogP contribution in [0.2, 0.25) is 10.0 Å². The van der Waals surface area contributed by atoms with Gasteiger partial charge in [0.25, 0.3) is 5.91 Å². The van der Waals surface area contributed by atoms with E-state index < -0.39 is 6.03 Å². The Morgan fingerprint density at radius 3 is 2.47 bits per heavy atom. The third-order valence-electron chi connectivity index (χ3n) is 5.66. The molecule has 3 atom stereocenters. The van der Waals surface area contributed by atoms with E-state index in [1.165, 1.54) is 0 Å². The molecule has 184 valence electrons. The van der Waals surface area contributed by atoms with Crippen molar-refractivity contribution in [2.24, 2.45) is 5.92 Å². The first kappa shape index (κ1) is 26.1. The van der Waals surface area contributed by atoms with E-state index in [1.54, 1.807) is 55.5 Å². The van der Waals surface area contributed by atoms with Crippen molar-refractivity contribution in [2.45, 2.75) is 26.0 Å². The van der Waals surface area contributed by atoms with Gasteiger partial charge in [-0.3, -0.25) is 4.79 Å². The van der Waals surface area contributed by atoms with Crippen molar-refractivity contribution < 1.29 is 19.1 Å². The summed E-state index contributed by atoms with van der Waals surface area (Å²) in [5.74, 6) is 0.419. The highest BCUT2D eigenvalue weighted by molar-refractivity contribution is 6.42. The van der Waals surface area contributed by atoms with Crippen molar-refractivity contribution in [3.63, 3.8) is 0 Å². The number of urea groups is 1. The van der Waals surface area contributed by atoms with Crippen molar-refractivity contribution in [3.05, 3.63) is 52.0 Å². The first-order valence-corrected chi connectivity index (χ1v) is 11.7. The van der Waals surface area contributed by atoms with Gasteiger partial charge in [0.2, 0.25) is 0 Å². The molecule has 3 N–H and O–H groups in total. The third-order valence-corrected chi connectivity index (χ3v) is 6.40. The standard InChI is InChI=1S/C24H30Cl2N4O4/c1-14-11-27-15(2)13-34-21-8-6-16(9-18(21)23(31)30(3)12-22(14)33-4)28-24(32)29-17-5-7-19(25)20(26)10-17/h5-10,14-15,22,27H,11-13H2,1-4H3,(H2,28,29,32)/t14-,15-,22+/m0/s1. The Kier molecular flexibility index (Phi) is 9.02. The molecule has 0 aromatic heterocycles. The molecule has 1 aliphatic rings. The van der Waals surface area contributed by atoms with Crippen LogP contribution >= 0.6 is 23.2 Å². The maximum atomic E-state index is 13.3. The van der Waals surface area contributed by atoms with Crippen LogP contribution in [0.4, 0.5) is 16.2 Å². The molecule has 0 unspecified atom stereocenters. The smallest absolute Gasteiger partial charge is 0.323 e. The number of hydrogen-bond acceptors (Lipinski definition) is 5. The minimum absolute atomic E-state index is 0.0786. The molecule has 34 heavy (non-hydrogen) atoms. The number of carbonyl (C=O) groups excluding carboxylic acids is 2. The fourth-order valence-electron chi connectivity index (χ4n) is 3.61. The molecule has 3 amide bonds. The van der Waals surface area contributed by atoms with Crippen molar-refractivity contribution in [2.75, 3.05) is 44.5 Å². The van der Waals surface area contributed by atoms with Crippen LogP contribution in [-0.2, 0) is 4.74 Å². The van der Waals surface area contributed by atoms with E-state index in [1.807, 2.05) is 6.92 Å². The monoisotopic (exact) mass is 508 g/mol. The summed E-state index contributed by atoms with van der Waals surface area (Å²) in [5.41, 5.74) is 1.28. The number of likely N-dealkylation sites (N-methyl/N-ethyl adjacent to an activating group) is 1. The summed E-state index contributed by atoms with van der Waals surface area (Å²) in [5, 5.41) is 9.61. The van der Waals surface area contributed by atoms with Crippen LogP contribution in [-0.4, -0.2) is 62.8 Å². The fraction of sp³-hybridized carbons (Fsp3) is 0.417. The van der Waals surface area contributed by atoms with Gasteiger partial charge in [0.15, 0.2) is 0 Å². The molecule has 0 fully saturated rings. The Labute approximate surface area is 209 Å². The van der Waals surface area contributed by atoms with Crippen LogP contribution < -0.4 is 20.7 Å². The summed E-state index contributed by atoms with van der Waals surface area (Å²) in [4.78, 5) is 27.4. The van der Waals surface area contributed by atoms with Gasteiger partial charge in [-0.15, -0.1) is 0 Å². The SMILES string of the molecule is CO[C@@H]1CN(C)C(=O)c2cc(NC(=O)Nc3ccc(Cl)c(Cl)c3)ccc2OC[C@H](C)NC[C@@H]1C. The molecule has 0 saturated carbocycles. The van der Waals surface area contributed by atoms with Gasteiger partial charge in [-0.2, -0.15) is 0 Å². The van der Waals surface area contributed by atoms with Gasteiger partial charge >= 0.3 is 6.03 Å². The predicted octanol–water partition coefficient (Wildman–Crippen LogP) is 4.73. The number of ether oxygens (including phenoxy) is 2. The second kappa shape index (κ2) is 11.8. The Hall–Kier alpha value is -2.52. The molecule has 2 aromatic carbocycles. The summed E-state index contributed by atoms with van der Waals surface area (Å²) >= 11 is 11.9. The number of carbonyl (C=O) groups is 2. The molecule has 0 aliphatic carbocycles. The normalized spacial score (nSPS) is 21.5. The van der Waals surface area contributed by atoms with Gasteiger partial charge in [-0.05, 0) is 49.2 Å². The van der Waals surface area contributed by atoms with Gasteiger partial charge in [0.1, 0.15) is 12.4 Å². The lowest BCUT2D eigenvalue weighted by Crippen LogP contribution is -2.44. The van der Waals surface area contributed by atoms with Gasteiger partial charge in [0.05, 0.1) is 21.7 Å². The molecular weight excluding hydrogens is 479 g/mol. The number of nitrogens with zero attached hydrogens (tertiary/aromatic N) is 1. The van der Waals surface area contributed by atoms with Crippen molar-refractivity contribution >= 4 is 46.5 Å². The minimum atomic E-state index is -0.487. The van der Waals surface area contributed by atoms with E-state index >= 15 is 0 Å². The second-order valence-electron chi connectivity index (χ2n) is 8.48. The number of nitrogens with one attached hydrogen (secondary N) is 3. The largest absolute Gasteiger partial charge is 0.491 e. The average molecular weight is 509 g/mol. The number of hydrogen-bond donors (Lipinski definition) is 3. The maximum absolute atomic E-state index is 13.3. The van der Waals surface area contributed by atoms with E-state index in [9.17, 15) is 9.59 Å². The van der Waals surface area contributed by atoms with E-state index in [4.69, 9.17) is 32.7 Å². The van der Waals surface area contributed by atoms with Crippen LogP contribution in [0.3, 0.4) is 0 Å². The van der Waals surface area contributed by atoms with Gasteiger partial charge in [0, 0.05) is 44.7 Å². The Morgan fingerprint density at radius 1 is 1.12 bits per heavy atom. The first-order chi connectivity index (χ1) is 16.2. The maximum Gasteiger partial charge on any atom is 0.323 e. The zero-order valence-electron chi connectivity index (χ0n) is 19.7. The van der Waals surface area contributed by atoms with E-state index in [2.05, 4.69) is 22.9 Å². The lowest BCUT2D eigenvalue weighted by atomic mass is 10.0. The van der Waals surface area contributed by atoms with Gasteiger partial charge in [-0.1, -0.05) is 30.1 Å². The molecule has 0 spiro atoms. The van der Waals surface area contributed by atoms with Crippen LogP contribution in [0, 0.1) is 5.92 Å². The number of amides is 3. The van der Waals surface area contributed by atoms with Crippen LogP contribution in [0.1, 0.15) is 24.2 Å². The van der Waals surface area contributed by atoms with Gasteiger partial charge < -0.3 is 30.3 Å². The van der Waals surface area contributed by atoms with E-state index in [0.717, 1.165) is 6.54 Å². The van der Waals surface area contributed by atoms with E-state index in [0.29, 0.717) is 45.9 Å². The van der Waals surface area contributed by atoms with Gasteiger partial charge in [-0.25, -0.2) is 4.79 Å². The summed E-state index contributed by atoms with van der Waals surface area (Å²) in [6.07, 6.45) is -0.129. The topological polar surface area (TPSA) is 91.9 Å². The number of methoxy groups -OCH3 is 1. The molecule has 3 rings (SSSR count). The zero-order chi connectivity index (χ0) is 24.8. The van der Waals surface area contributed by atoms with Crippen molar-refractivity contribution in [3.8, 4) is 5.75 Å². The third kappa shape index (κ3) is 6.76. The summed E-state index contributed by atoms with van der Waals surface area (Å²) in [7, 11) is 3.38. The first-order valence-electron chi connectivity index (χ1n) is 11.0. The number of halogens is 2.